The van der Waals surface area contributed by atoms with Crippen LogP contribution in [0.3, 0.4) is 0 Å². The molecule has 0 saturated carbocycles. The molecule has 1 aliphatic rings. The van der Waals surface area contributed by atoms with Gasteiger partial charge >= 0.3 is 0 Å². The number of rotatable bonds is 4. The molecule has 4 rings (SSSR count). The predicted molar refractivity (Wildman–Crippen MR) is 106 cm³/mol. The molecule has 142 valence electrons. The number of carbonyl (C=O) groups is 1. The smallest absolute Gasteiger partial charge is 0.289 e. The number of fused-ring (bicyclic) bond motifs is 1. The summed E-state index contributed by atoms with van der Waals surface area (Å²) in [5.74, 6) is 0.881. The fourth-order valence-electron chi connectivity index (χ4n) is 3.49. The molecule has 0 radical (unpaired) electrons. The Morgan fingerprint density at radius 1 is 1.33 bits per heavy atom. The number of piperazine rings is 1. The van der Waals surface area contributed by atoms with Crippen LogP contribution >= 0.6 is 11.3 Å². The summed E-state index contributed by atoms with van der Waals surface area (Å²) in [6.45, 7) is 6.51. The zero-order valence-electron chi connectivity index (χ0n) is 15.5. The van der Waals surface area contributed by atoms with Crippen molar-refractivity contribution in [1.82, 2.24) is 14.8 Å². The lowest BCUT2D eigenvalue weighted by Gasteiger charge is -2.40. The summed E-state index contributed by atoms with van der Waals surface area (Å²) in [4.78, 5) is 21.5. The van der Waals surface area contributed by atoms with Crippen LogP contribution in [0.5, 0.6) is 0 Å². The van der Waals surface area contributed by atoms with E-state index in [0.717, 1.165) is 21.8 Å². The second-order valence-electron chi connectivity index (χ2n) is 7.09. The summed E-state index contributed by atoms with van der Waals surface area (Å²) in [6.07, 6.45) is -0.365. The van der Waals surface area contributed by atoms with Crippen molar-refractivity contribution in [3.63, 3.8) is 0 Å². The van der Waals surface area contributed by atoms with Crippen molar-refractivity contribution in [1.29, 1.82) is 0 Å². The number of nitrogens with zero attached hydrogens (tertiary/aromatic N) is 3. The largest absolute Gasteiger partial charge is 0.448 e. The molecule has 1 amide bonds. The Kier molecular flexibility index (Phi) is 4.99. The molecule has 6 nitrogen and oxygen atoms in total. The van der Waals surface area contributed by atoms with Crippen molar-refractivity contribution < 1.29 is 14.3 Å². The molecule has 1 aromatic carbocycles. The highest BCUT2D eigenvalue weighted by atomic mass is 32.1. The molecular formula is C20H23N3O3S. The van der Waals surface area contributed by atoms with Crippen LogP contribution in [-0.4, -0.2) is 64.1 Å². The minimum absolute atomic E-state index is 0.0918. The van der Waals surface area contributed by atoms with Crippen molar-refractivity contribution in [2.75, 3.05) is 26.2 Å². The van der Waals surface area contributed by atoms with Crippen LogP contribution in [0.1, 0.15) is 24.4 Å². The first-order valence-corrected chi connectivity index (χ1v) is 10.00. The molecule has 1 aliphatic heterocycles. The fourth-order valence-corrected chi connectivity index (χ4v) is 4.42. The molecule has 1 fully saturated rings. The van der Waals surface area contributed by atoms with Crippen molar-refractivity contribution in [2.45, 2.75) is 26.0 Å². The van der Waals surface area contributed by atoms with E-state index in [0.29, 0.717) is 31.2 Å². The van der Waals surface area contributed by atoms with Crippen LogP contribution in [0, 0.1) is 0 Å². The van der Waals surface area contributed by atoms with Crippen molar-refractivity contribution in [3.05, 3.63) is 42.2 Å². The third-order valence-electron chi connectivity index (χ3n) is 4.87. The standard InChI is InChI=1S/C20H23N3O3S/c1-13-11-23(10-9-22(13)12-14(2)24)20(25)17-8-7-16(26-17)19-21-15-5-3-4-6-18(15)27-19/h3-8,13-14,24H,9-12H2,1-2H3/t13-,14-/m0/s1. The third kappa shape index (κ3) is 3.76. The number of carbonyl (C=O) groups excluding carboxylic acids is 1. The predicted octanol–water partition coefficient (Wildman–Crippen LogP) is 3.08. The van der Waals surface area contributed by atoms with Gasteiger partial charge in [-0.15, -0.1) is 11.3 Å². The minimum Gasteiger partial charge on any atom is -0.448 e. The van der Waals surface area contributed by atoms with Crippen molar-refractivity contribution >= 4 is 27.5 Å². The van der Waals surface area contributed by atoms with E-state index in [9.17, 15) is 9.90 Å². The van der Waals surface area contributed by atoms with Crippen LogP contribution in [0.25, 0.3) is 21.0 Å². The summed E-state index contributed by atoms with van der Waals surface area (Å²) in [5.41, 5.74) is 0.935. The number of β-amino-alcohol motifs (C(OH)–C–C–N with tert-alkyl or cyclic N) is 1. The Hall–Kier alpha value is -2.22. The van der Waals surface area contributed by atoms with Crippen LogP contribution in [0.15, 0.2) is 40.8 Å². The van der Waals surface area contributed by atoms with E-state index >= 15 is 0 Å². The zero-order valence-corrected chi connectivity index (χ0v) is 16.3. The normalized spacial score (nSPS) is 19.5. The monoisotopic (exact) mass is 385 g/mol. The van der Waals surface area contributed by atoms with Crippen molar-refractivity contribution in [2.24, 2.45) is 0 Å². The quantitative estimate of drug-likeness (QED) is 0.747. The van der Waals surface area contributed by atoms with Gasteiger partial charge in [-0.25, -0.2) is 4.98 Å². The van der Waals surface area contributed by atoms with Crippen LogP contribution in [-0.2, 0) is 0 Å². The topological polar surface area (TPSA) is 69.8 Å². The molecule has 7 heteroatoms. The average molecular weight is 385 g/mol. The van der Waals surface area contributed by atoms with E-state index in [2.05, 4.69) is 16.8 Å². The second kappa shape index (κ2) is 7.42. The van der Waals surface area contributed by atoms with E-state index in [1.54, 1.807) is 24.3 Å². The maximum Gasteiger partial charge on any atom is 0.289 e. The first-order valence-electron chi connectivity index (χ1n) is 9.18. The van der Waals surface area contributed by atoms with Gasteiger partial charge in [-0.1, -0.05) is 12.1 Å². The van der Waals surface area contributed by atoms with E-state index in [-0.39, 0.29) is 18.1 Å². The van der Waals surface area contributed by atoms with E-state index < -0.39 is 0 Å². The second-order valence-corrected chi connectivity index (χ2v) is 8.13. The minimum atomic E-state index is -0.365. The maximum absolute atomic E-state index is 12.8. The molecule has 3 aromatic rings. The molecule has 1 saturated heterocycles. The number of aromatic nitrogens is 1. The molecule has 2 aromatic heterocycles. The number of aliphatic hydroxyl groups excluding tert-OH is 1. The van der Waals surface area contributed by atoms with Gasteiger partial charge in [0.2, 0.25) is 0 Å². The number of para-hydroxylation sites is 1. The Bertz CT molecular complexity index is 916. The highest BCUT2D eigenvalue weighted by Crippen LogP contribution is 2.31. The Balaban J connectivity index is 1.47. The van der Waals surface area contributed by atoms with E-state index in [4.69, 9.17) is 4.42 Å². The molecule has 0 bridgehead atoms. The molecule has 0 unspecified atom stereocenters. The summed E-state index contributed by atoms with van der Waals surface area (Å²) < 4.78 is 6.94. The fraction of sp³-hybridized carbons (Fsp3) is 0.400. The van der Waals surface area contributed by atoms with Gasteiger partial charge in [-0.05, 0) is 38.1 Å². The molecule has 3 heterocycles. The third-order valence-corrected chi connectivity index (χ3v) is 5.92. The molecular weight excluding hydrogens is 362 g/mol. The van der Waals surface area contributed by atoms with Crippen LogP contribution < -0.4 is 0 Å². The zero-order chi connectivity index (χ0) is 19.0. The SMILES string of the molecule is C[C@H](O)CN1CCN(C(=O)c2ccc(-c3nc4ccccc4s3)o2)C[C@@H]1C. The van der Waals surface area contributed by atoms with Gasteiger partial charge in [0.05, 0.1) is 16.3 Å². The lowest BCUT2D eigenvalue weighted by Crippen LogP contribution is -2.54. The number of benzene rings is 1. The molecule has 0 aliphatic carbocycles. The highest BCUT2D eigenvalue weighted by molar-refractivity contribution is 7.21. The van der Waals surface area contributed by atoms with E-state index in [1.807, 2.05) is 35.2 Å². The van der Waals surface area contributed by atoms with Crippen molar-refractivity contribution in [3.8, 4) is 10.8 Å². The maximum atomic E-state index is 12.8. The number of thiazole rings is 1. The molecule has 0 spiro atoms. The number of hydrogen-bond donors (Lipinski definition) is 1. The van der Waals surface area contributed by atoms with Gasteiger partial charge in [0.15, 0.2) is 16.5 Å². The first-order chi connectivity index (χ1) is 13.0. The average Bonchev–Trinajstić information content (AvgIpc) is 3.29. The van der Waals surface area contributed by atoms with Gasteiger partial charge in [0.25, 0.3) is 5.91 Å². The molecule has 27 heavy (non-hydrogen) atoms. The Morgan fingerprint density at radius 3 is 2.89 bits per heavy atom. The van der Waals surface area contributed by atoms with Gasteiger partial charge in [-0.2, -0.15) is 0 Å². The number of hydrogen-bond acceptors (Lipinski definition) is 6. The summed E-state index contributed by atoms with van der Waals surface area (Å²) >= 11 is 1.56. The summed E-state index contributed by atoms with van der Waals surface area (Å²) in [7, 11) is 0. The van der Waals surface area contributed by atoms with Gasteiger partial charge in [-0.3, -0.25) is 9.69 Å². The lowest BCUT2D eigenvalue weighted by molar-refractivity contribution is 0.0346. The molecule has 2 atom stereocenters. The van der Waals surface area contributed by atoms with Gasteiger partial charge in [0, 0.05) is 32.2 Å². The summed E-state index contributed by atoms with van der Waals surface area (Å²) in [5, 5.41) is 10.4. The van der Waals surface area contributed by atoms with Crippen LogP contribution in [0.4, 0.5) is 0 Å². The highest BCUT2D eigenvalue weighted by Gasteiger charge is 2.29. The number of amides is 1. The number of furan rings is 1. The van der Waals surface area contributed by atoms with Gasteiger partial charge < -0.3 is 14.4 Å². The lowest BCUT2D eigenvalue weighted by atomic mass is 10.1. The summed E-state index contributed by atoms with van der Waals surface area (Å²) in [6, 6.07) is 11.7. The Morgan fingerprint density at radius 2 is 2.15 bits per heavy atom. The first kappa shape index (κ1) is 18.2. The van der Waals surface area contributed by atoms with E-state index in [1.165, 1.54) is 0 Å². The molecule has 1 N–H and O–H groups in total. The number of aliphatic hydroxyl groups is 1. The van der Waals surface area contributed by atoms with Gasteiger partial charge in [0.1, 0.15) is 0 Å². The Labute approximate surface area is 162 Å². The van der Waals surface area contributed by atoms with Crippen LogP contribution in [0.2, 0.25) is 0 Å².